The average Bonchev–Trinajstić information content (AvgIpc) is 3.28. The van der Waals surface area contributed by atoms with Crippen molar-refractivity contribution in [2.75, 3.05) is 30.8 Å². The Morgan fingerprint density at radius 1 is 1.29 bits per heavy atom. The van der Waals surface area contributed by atoms with E-state index in [4.69, 9.17) is 15.2 Å². The van der Waals surface area contributed by atoms with Gasteiger partial charge < -0.3 is 30.2 Å². The van der Waals surface area contributed by atoms with Gasteiger partial charge in [-0.2, -0.15) is 0 Å². The molecule has 0 radical (unpaired) electrons. The molecular weight excluding hydrogens is 441 g/mol. The lowest BCUT2D eigenvalue weighted by atomic mass is 9.93. The number of aromatic nitrogens is 1. The second-order valence-electron chi connectivity index (χ2n) is 9.01. The number of nitrogens with one attached hydrogen (secondary N) is 1. The van der Waals surface area contributed by atoms with Crippen LogP contribution in [-0.4, -0.2) is 35.4 Å². The SMILES string of the molecule is Cc1ccc(OCCNc2c(F)c(N)c3c(=O)c(C(=O)O)cn4c3c2OCC42CCCC2)cc1. The summed E-state index contributed by atoms with van der Waals surface area (Å²) in [7, 11) is 0. The highest BCUT2D eigenvalue weighted by Crippen LogP contribution is 2.48. The number of carboxylic acids is 1. The summed E-state index contributed by atoms with van der Waals surface area (Å²) in [6.45, 7) is 2.76. The Morgan fingerprint density at radius 2 is 2.00 bits per heavy atom. The first kappa shape index (κ1) is 22.1. The molecule has 0 bridgehead atoms. The van der Waals surface area contributed by atoms with Crippen LogP contribution in [0.25, 0.3) is 10.9 Å². The normalized spacial score (nSPS) is 15.9. The zero-order valence-corrected chi connectivity index (χ0v) is 18.8. The molecule has 34 heavy (non-hydrogen) atoms. The molecule has 2 aliphatic rings. The van der Waals surface area contributed by atoms with Crippen molar-refractivity contribution in [2.24, 2.45) is 0 Å². The molecule has 1 aromatic heterocycles. The summed E-state index contributed by atoms with van der Waals surface area (Å²) in [5.41, 5.74) is 5.48. The van der Waals surface area contributed by atoms with E-state index in [2.05, 4.69) is 5.32 Å². The van der Waals surface area contributed by atoms with Crippen LogP contribution in [0.3, 0.4) is 0 Å². The number of aromatic carboxylic acids is 1. The fraction of sp³-hybridized carbons (Fsp3) is 0.360. The van der Waals surface area contributed by atoms with E-state index in [1.807, 2.05) is 31.2 Å². The number of hydrogen-bond donors (Lipinski definition) is 3. The van der Waals surface area contributed by atoms with Crippen molar-refractivity contribution in [3.8, 4) is 11.5 Å². The molecule has 2 aromatic carbocycles. The van der Waals surface area contributed by atoms with Gasteiger partial charge in [-0.1, -0.05) is 30.5 Å². The Hall–Kier alpha value is -3.75. The number of hydrogen-bond acceptors (Lipinski definition) is 6. The first-order valence-corrected chi connectivity index (χ1v) is 11.3. The maximum absolute atomic E-state index is 15.4. The van der Waals surface area contributed by atoms with E-state index >= 15 is 4.39 Å². The Bertz CT molecular complexity index is 1340. The van der Waals surface area contributed by atoms with Gasteiger partial charge >= 0.3 is 5.97 Å². The molecule has 9 heteroatoms. The van der Waals surface area contributed by atoms with Gasteiger partial charge in [0.1, 0.15) is 30.2 Å². The van der Waals surface area contributed by atoms with Crippen LogP contribution in [0.15, 0.2) is 35.3 Å². The standard InChI is InChI=1S/C25H26FN3O5/c1-14-4-6-15(7-5-14)33-11-10-28-20-18(26)19(27)17-21-23(20)34-13-25(8-2-3-9-25)29(21)12-16(22(17)30)24(31)32/h4-7,12,28H,2-3,8-11,13,27H2,1H3,(H,31,32). The maximum atomic E-state index is 15.4. The molecule has 1 aliphatic carbocycles. The summed E-state index contributed by atoms with van der Waals surface area (Å²) in [6, 6.07) is 7.59. The van der Waals surface area contributed by atoms with Gasteiger partial charge in [-0.05, 0) is 31.9 Å². The highest BCUT2D eigenvalue weighted by Gasteiger charge is 2.43. The smallest absolute Gasteiger partial charge is 0.341 e. The highest BCUT2D eigenvalue weighted by molar-refractivity contribution is 6.03. The predicted octanol–water partition coefficient (Wildman–Crippen LogP) is 3.88. The summed E-state index contributed by atoms with van der Waals surface area (Å²) in [5, 5.41) is 12.5. The van der Waals surface area contributed by atoms with E-state index in [9.17, 15) is 14.7 Å². The van der Waals surface area contributed by atoms with Crippen molar-refractivity contribution in [3.63, 3.8) is 0 Å². The third-order valence-corrected chi connectivity index (χ3v) is 6.83. The van der Waals surface area contributed by atoms with Crippen LogP contribution in [0.4, 0.5) is 15.8 Å². The van der Waals surface area contributed by atoms with Gasteiger partial charge in [-0.3, -0.25) is 4.79 Å². The second-order valence-corrected chi connectivity index (χ2v) is 9.01. The molecule has 0 amide bonds. The fourth-order valence-electron chi connectivity index (χ4n) is 5.05. The van der Waals surface area contributed by atoms with Crippen LogP contribution in [0.1, 0.15) is 41.6 Å². The van der Waals surface area contributed by atoms with Crippen LogP contribution in [0.5, 0.6) is 11.5 Å². The lowest BCUT2D eigenvalue weighted by Gasteiger charge is -2.39. The molecule has 178 valence electrons. The number of benzene rings is 2. The molecule has 8 nitrogen and oxygen atoms in total. The third kappa shape index (κ3) is 3.43. The molecule has 1 spiro atoms. The van der Waals surface area contributed by atoms with Crippen LogP contribution in [0.2, 0.25) is 0 Å². The Balaban J connectivity index is 1.57. The summed E-state index contributed by atoms with van der Waals surface area (Å²) < 4.78 is 29.0. The van der Waals surface area contributed by atoms with Crippen molar-refractivity contribution in [3.05, 3.63) is 57.6 Å². The monoisotopic (exact) mass is 467 g/mol. The number of pyridine rings is 1. The molecule has 3 aromatic rings. The molecule has 2 heterocycles. The average molecular weight is 467 g/mol. The van der Waals surface area contributed by atoms with Gasteiger partial charge in [0.2, 0.25) is 5.43 Å². The van der Waals surface area contributed by atoms with E-state index in [1.54, 1.807) is 4.57 Å². The van der Waals surface area contributed by atoms with Gasteiger partial charge in [0.15, 0.2) is 11.6 Å². The topological polar surface area (TPSA) is 116 Å². The molecule has 1 fully saturated rings. The molecular formula is C25H26FN3O5. The van der Waals surface area contributed by atoms with Crippen molar-refractivity contribution in [1.82, 2.24) is 4.57 Å². The van der Waals surface area contributed by atoms with Crippen LogP contribution in [0, 0.1) is 12.7 Å². The Kier molecular flexibility index (Phi) is 5.34. The lowest BCUT2D eigenvalue weighted by molar-refractivity contribution is 0.0692. The number of ether oxygens (including phenoxy) is 2. The lowest BCUT2D eigenvalue weighted by Crippen LogP contribution is -2.42. The molecule has 1 aliphatic heterocycles. The Morgan fingerprint density at radius 3 is 2.68 bits per heavy atom. The van der Waals surface area contributed by atoms with E-state index in [0.717, 1.165) is 31.2 Å². The zero-order chi connectivity index (χ0) is 24.0. The number of anilines is 2. The number of carboxylic acid groups (broad SMARTS) is 1. The van der Waals surface area contributed by atoms with Crippen molar-refractivity contribution in [2.45, 2.75) is 38.1 Å². The second kappa shape index (κ2) is 8.23. The van der Waals surface area contributed by atoms with E-state index in [-0.39, 0.29) is 42.3 Å². The molecule has 5 rings (SSSR count). The number of halogens is 1. The first-order valence-electron chi connectivity index (χ1n) is 11.3. The fourth-order valence-corrected chi connectivity index (χ4v) is 5.05. The minimum atomic E-state index is -1.37. The number of fused-ring (bicyclic) bond motifs is 1. The number of nitrogens with two attached hydrogens (primary N) is 1. The minimum absolute atomic E-state index is 0.0431. The summed E-state index contributed by atoms with van der Waals surface area (Å²) in [5.74, 6) is -1.34. The molecule has 4 N–H and O–H groups in total. The number of nitrogen functional groups attached to an aromatic ring is 1. The van der Waals surface area contributed by atoms with Crippen LogP contribution in [-0.2, 0) is 5.54 Å². The predicted molar refractivity (Wildman–Crippen MR) is 127 cm³/mol. The Labute approximate surface area is 195 Å². The maximum Gasteiger partial charge on any atom is 0.341 e. The van der Waals surface area contributed by atoms with Crippen LogP contribution >= 0.6 is 0 Å². The first-order chi connectivity index (χ1) is 16.3. The van der Waals surface area contributed by atoms with Crippen molar-refractivity contribution >= 4 is 28.2 Å². The molecule has 1 saturated carbocycles. The number of aryl methyl sites for hydroxylation is 1. The van der Waals surface area contributed by atoms with Crippen molar-refractivity contribution < 1.29 is 23.8 Å². The third-order valence-electron chi connectivity index (χ3n) is 6.83. The molecule has 0 atom stereocenters. The van der Waals surface area contributed by atoms with E-state index < -0.39 is 28.3 Å². The summed E-state index contributed by atoms with van der Waals surface area (Å²) in [4.78, 5) is 24.8. The van der Waals surface area contributed by atoms with E-state index in [0.29, 0.717) is 11.3 Å². The van der Waals surface area contributed by atoms with E-state index in [1.165, 1.54) is 6.20 Å². The number of nitrogens with zero attached hydrogens (tertiary/aromatic N) is 1. The van der Waals surface area contributed by atoms with Gasteiger partial charge in [0.25, 0.3) is 0 Å². The van der Waals surface area contributed by atoms with Gasteiger partial charge in [-0.25, -0.2) is 9.18 Å². The largest absolute Gasteiger partial charge is 0.492 e. The van der Waals surface area contributed by atoms with Gasteiger partial charge in [0.05, 0.1) is 22.1 Å². The van der Waals surface area contributed by atoms with Crippen LogP contribution < -0.4 is 26.0 Å². The summed E-state index contributed by atoms with van der Waals surface area (Å²) in [6.07, 6.45) is 4.81. The minimum Gasteiger partial charge on any atom is -0.492 e. The van der Waals surface area contributed by atoms with Gasteiger partial charge in [-0.15, -0.1) is 0 Å². The zero-order valence-electron chi connectivity index (χ0n) is 18.8. The van der Waals surface area contributed by atoms with Gasteiger partial charge in [0, 0.05) is 12.7 Å². The quantitative estimate of drug-likeness (QED) is 0.372. The highest BCUT2D eigenvalue weighted by atomic mass is 19.1. The number of carbonyl (C=O) groups is 1. The number of rotatable bonds is 6. The molecule has 0 saturated heterocycles. The summed E-state index contributed by atoms with van der Waals surface area (Å²) >= 11 is 0. The van der Waals surface area contributed by atoms with Crippen molar-refractivity contribution in [1.29, 1.82) is 0 Å². The molecule has 0 unspecified atom stereocenters.